The van der Waals surface area contributed by atoms with Crippen molar-refractivity contribution in [3.8, 4) is 5.69 Å². The first-order valence-electron chi connectivity index (χ1n) is 6.79. The van der Waals surface area contributed by atoms with Crippen LogP contribution in [0.3, 0.4) is 0 Å². The first-order chi connectivity index (χ1) is 10.9. The van der Waals surface area contributed by atoms with Gasteiger partial charge in [-0.05, 0) is 18.6 Å². The Morgan fingerprint density at radius 3 is 2.78 bits per heavy atom. The fraction of sp³-hybridized carbons (Fsp3) is 0.357. The number of nitrogens with zero attached hydrogens (tertiary/aromatic N) is 3. The molecule has 0 fully saturated rings. The van der Waals surface area contributed by atoms with Crippen molar-refractivity contribution >= 4 is 5.91 Å². The van der Waals surface area contributed by atoms with Crippen molar-refractivity contribution in [2.75, 3.05) is 20.3 Å². The predicted octanol–water partition coefficient (Wildman–Crippen LogP) is 2.05. The van der Waals surface area contributed by atoms with Crippen LogP contribution in [0, 0.1) is 0 Å². The van der Waals surface area contributed by atoms with Crippen molar-refractivity contribution in [2.45, 2.75) is 12.6 Å². The number of nitrogens with one attached hydrogen (secondary N) is 1. The van der Waals surface area contributed by atoms with E-state index < -0.39 is 17.6 Å². The third-order valence-corrected chi connectivity index (χ3v) is 2.99. The van der Waals surface area contributed by atoms with Crippen LogP contribution in [0.1, 0.15) is 22.5 Å². The Morgan fingerprint density at radius 1 is 1.35 bits per heavy atom. The average Bonchev–Trinajstić information content (AvgIpc) is 3.00. The van der Waals surface area contributed by atoms with Gasteiger partial charge in [-0.1, -0.05) is 17.3 Å². The van der Waals surface area contributed by atoms with Gasteiger partial charge in [-0.2, -0.15) is 13.2 Å². The van der Waals surface area contributed by atoms with Crippen molar-refractivity contribution in [3.05, 3.63) is 41.7 Å². The highest BCUT2D eigenvalue weighted by molar-refractivity contribution is 5.91. The molecule has 0 unspecified atom stereocenters. The maximum absolute atomic E-state index is 13.0. The molecule has 23 heavy (non-hydrogen) atoms. The lowest BCUT2D eigenvalue weighted by molar-refractivity contribution is -0.137. The molecule has 124 valence electrons. The minimum atomic E-state index is -4.52. The van der Waals surface area contributed by atoms with Gasteiger partial charge in [0.2, 0.25) is 0 Å². The normalized spacial score (nSPS) is 11.5. The molecule has 0 atom stereocenters. The fourth-order valence-electron chi connectivity index (χ4n) is 1.91. The van der Waals surface area contributed by atoms with Crippen LogP contribution in [0.4, 0.5) is 13.2 Å². The van der Waals surface area contributed by atoms with Gasteiger partial charge in [0, 0.05) is 20.3 Å². The predicted molar refractivity (Wildman–Crippen MR) is 75.2 cm³/mol. The third kappa shape index (κ3) is 4.28. The zero-order valence-electron chi connectivity index (χ0n) is 12.3. The summed E-state index contributed by atoms with van der Waals surface area (Å²) in [4.78, 5) is 11.8. The summed E-state index contributed by atoms with van der Waals surface area (Å²) in [6.07, 6.45) is -2.74. The summed E-state index contributed by atoms with van der Waals surface area (Å²) >= 11 is 0. The molecular formula is C14H15F3N4O2. The number of amides is 1. The number of hydrogen-bond donors (Lipinski definition) is 1. The number of aromatic nitrogens is 3. The standard InChI is InChI=1S/C14H15F3N4O2/c1-23-8-4-7-18-13(22)11-9-21(20-19-11)12-6-3-2-5-10(12)14(15,16)17/h2-3,5-6,9H,4,7-8H2,1H3,(H,18,22). The van der Waals surface area contributed by atoms with Crippen molar-refractivity contribution in [2.24, 2.45) is 0 Å². The van der Waals surface area contributed by atoms with Crippen molar-refractivity contribution in [3.63, 3.8) is 0 Å². The minimum absolute atomic E-state index is 0.0561. The van der Waals surface area contributed by atoms with Gasteiger partial charge in [0.05, 0.1) is 17.4 Å². The Morgan fingerprint density at radius 2 is 2.09 bits per heavy atom. The molecule has 2 aromatic rings. The number of halogens is 3. The number of para-hydroxylation sites is 1. The van der Waals surface area contributed by atoms with Crippen LogP contribution in [0.2, 0.25) is 0 Å². The number of alkyl halides is 3. The number of ether oxygens (including phenoxy) is 1. The van der Waals surface area contributed by atoms with Crippen molar-refractivity contribution in [1.82, 2.24) is 20.3 Å². The summed E-state index contributed by atoms with van der Waals surface area (Å²) in [5, 5.41) is 9.81. The summed E-state index contributed by atoms with van der Waals surface area (Å²) < 4.78 is 44.7. The first-order valence-corrected chi connectivity index (χ1v) is 6.79. The number of benzene rings is 1. The second kappa shape index (κ2) is 7.23. The molecule has 0 aliphatic heterocycles. The van der Waals surface area contributed by atoms with E-state index in [2.05, 4.69) is 15.6 Å². The summed E-state index contributed by atoms with van der Waals surface area (Å²) in [6.45, 7) is 0.866. The molecule has 9 heteroatoms. The van der Waals surface area contributed by atoms with Crippen molar-refractivity contribution < 1.29 is 22.7 Å². The van der Waals surface area contributed by atoms with Crippen molar-refractivity contribution in [1.29, 1.82) is 0 Å². The molecule has 0 aliphatic rings. The van der Waals surface area contributed by atoms with Crippen LogP contribution in [0.25, 0.3) is 5.69 Å². The molecule has 0 bridgehead atoms. The number of carbonyl (C=O) groups is 1. The third-order valence-electron chi connectivity index (χ3n) is 2.99. The molecule has 1 aromatic heterocycles. The fourth-order valence-corrected chi connectivity index (χ4v) is 1.91. The lowest BCUT2D eigenvalue weighted by atomic mass is 10.1. The lowest BCUT2D eigenvalue weighted by Crippen LogP contribution is -2.25. The molecule has 1 amide bonds. The highest BCUT2D eigenvalue weighted by atomic mass is 19.4. The summed E-state index contributed by atoms with van der Waals surface area (Å²) in [6, 6.07) is 4.95. The molecule has 1 N–H and O–H groups in total. The summed E-state index contributed by atoms with van der Waals surface area (Å²) in [5.41, 5.74) is -1.10. The van der Waals surface area contributed by atoms with Gasteiger partial charge in [0.15, 0.2) is 5.69 Å². The highest BCUT2D eigenvalue weighted by Crippen LogP contribution is 2.33. The van der Waals surface area contributed by atoms with Crippen LogP contribution in [-0.4, -0.2) is 41.2 Å². The van der Waals surface area contributed by atoms with Crippen LogP contribution >= 0.6 is 0 Å². The maximum atomic E-state index is 13.0. The molecule has 6 nitrogen and oxygen atoms in total. The minimum Gasteiger partial charge on any atom is -0.385 e. The highest BCUT2D eigenvalue weighted by Gasteiger charge is 2.34. The lowest BCUT2D eigenvalue weighted by Gasteiger charge is -2.11. The number of methoxy groups -OCH3 is 1. The monoisotopic (exact) mass is 328 g/mol. The van der Waals surface area contributed by atoms with Gasteiger partial charge in [0.25, 0.3) is 5.91 Å². The Balaban J connectivity index is 2.15. The van der Waals surface area contributed by atoms with E-state index in [9.17, 15) is 18.0 Å². The van der Waals surface area contributed by atoms with Gasteiger partial charge in [-0.25, -0.2) is 4.68 Å². The van der Waals surface area contributed by atoms with Gasteiger partial charge >= 0.3 is 6.18 Å². The quantitative estimate of drug-likeness (QED) is 0.824. The molecule has 0 spiro atoms. The molecule has 0 saturated heterocycles. The molecule has 0 saturated carbocycles. The van der Waals surface area contributed by atoms with Gasteiger partial charge < -0.3 is 10.1 Å². The second-order valence-electron chi connectivity index (χ2n) is 4.67. The van der Waals surface area contributed by atoms with Crippen LogP contribution in [-0.2, 0) is 10.9 Å². The zero-order valence-corrected chi connectivity index (χ0v) is 12.3. The Hall–Kier alpha value is -2.42. The van der Waals surface area contributed by atoms with E-state index in [4.69, 9.17) is 4.74 Å². The largest absolute Gasteiger partial charge is 0.418 e. The van der Waals surface area contributed by atoms with E-state index in [1.807, 2.05) is 0 Å². The first kappa shape index (κ1) is 16.9. The van der Waals surface area contributed by atoms with E-state index in [1.165, 1.54) is 18.2 Å². The Kier molecular flexibility index (Phi) is 5.32. The molecule has 2 rings (SSSR count). The van der Waals surface area contributed by atoms with E-state index in [0.717, 1.165) is 16.9 Å². The number of rotatable bonds is 6. The van der Waals surface area contributed by atoms with Crippen LogP contribution in [0.15, 0.2) is 30.5 Å². The Bertz CT molecular complexity index is 670. The van der Waals surface area contributed by atoms with Gasteiger partial charge in [0.1, 0.15) is 0 Å². The average molecular weight is 328 g/mol. The SMILES string of the molecule is COCCCNC(=O)c1cn(-c2ccccc2C(F)(F)F)nn1. The summed E-state index contributed by atoms with van der Waals surface area (Å²) in [7, 11) is 1.55. The van der Waals surface area contributed by atoms with Crippen LogP contribution < -0.4 is 5.32 Å². The molecule has 0 aliphatic carbocycles. The Labute approximate surface area is 130 Å². The second-order valence-corrected chi connectivity index (χ2v) is 4.67. The smallest absolute Gasteiger partial charge is 0.385 e. The maximum Gasteiger partial charge on any atom is 0.418 e. The van der Waals surface area contributed by atoms with E-state index in [-0.39, 0.29) is 11.4 Å². The van der Waals surface area contributed by atoms with Gasteiger partial charge in [-0.3, -0.25) is 4.79 Å². The summed E-state index contributed by atoms with van der Waals surface area (Å²) in [5.74, 6) is -0.503. The number of carbonyl (C=O) groups excluding carboxylic acids is 1. The molecule has 0 radical (unpaired) electrons. The van der Waals surface area contributed by atoms with Crippen LogP contribution in [0.5, 0.6) is 0 Å². The molecule has 1 aromatic carbocycles. The van der Waals surface area contributed by atoms with E-state index in [1.54, 1.807) is 7.11 Å². The number of hydrogen-bond acceptors (Lipinski definition) is 4. The topological polar surface area (TPSA) is 69.0 Å². The zero-order chi connectivity index (χ0) is 16.9. The molecule has 1 heterocycles. The molecular weight excluding hydrogens is 313 g/mol. The van der Waals surface area contributed by atoms with E-state index in [0.29, 0.717) is 19.6 Å². The van der Waals surface area contributed by atoms with Gasteiger partial charge in [-0.15, -0.1) is 5.10 Å². The van der Waals surface area contributed by atoms with E-state index >= 15 is 0 Å².